The van der Waals surface area contributed by atoms with Gasteiger partial charge in [0.25, 0.3) is 0 Å². The number of esters is 3. The first-order valence-electron chi connectivity index (χ1n) is 24.7. The van der Waals surface area contributed by atoms with E-state index in [0.29, 0.717) is 19.3 Å². The van der Waals surface area contributed by atoms with Crippen molar-refractivity contribution in [1.29, 1.82) is 0 Å². The summed E-state index contributed by atoms with van der Waals surface area (Å²) in [6.07, 6.45) is 49.0. The van der Waals surface area contributed by atoms with Crippen LogP contribution in [0.2, 0.25) is 0 Å². The molecule has 0 aliphatic carbocycles. The predicted molar refractivity (Wildman–Crippen MR) is 238 cm³/mol. The van der Waals surface area contributed by atoms with Crippen LogP contribution in [-0.2, 0) is 28.6 Å². The molecule has 56 heavy (non-hydrogen) atoms. The second kappa shape index (κ2) is 45.8. The van der Waals surface area contributed by atoms with Gasteiger partial charge in [-0.15, -0.1) is 0 Å². The molecular formula is C50H94O6. The Labute approximate surface area is 348 Å². The zero-order chi connectivity index (χ0) is 40.8. The Balaban J connectivity index is 4.34. The standard InChI is InChI=1S/C50H94O6/c1-4-7-10-13-16-19-22-25-28-31-34-37-40-43-49(52)55-46-47(45-54-48(51)42-39-36-33-30-27-24-21-18-15-12-9-6-3)56-50(53)44-41-38-35-32-29-26-23-20-17-14-11-8-5-2/h20,23,47H,4-19,21-22,24-46H2,1-3H3/b23-20-/t47-/m0/s1. The number of carbonyl (C=O) groups excluding carboxylic acids is 3. The van der Waals surface area contributed by atoms with Gasteiger partial charge in [0.15, 0.2) is 6.10 Å². The smallest absolute Gasteiger partial charge is 0.306 e. The molecule has 0 aromatic carbocycles. The van der Waals surface area contributed by atoms with Gasteiger partial charge in [-0.05, 0) is 44.9 Å². The summed E-state index contributed by atoms with van der Waals surface area (Å²) in [5.74, 6) is -0.864. The number of hydrogen-bond acceptors (Lipinski definition) is 6. The van der Waals surface area contributed by atoms with Crippen molar-refractivity contribution in [3.63, 3.8) is 0 Å². The average Bonchev–Trinajstić information content (AvgIpc) is 3.19. The zero-order valence-electron chi connectivity index (χ0n) is 37.7. The van der Waals surface area contributed by atoms with Gasteiger partial charge in [0.1, 0.15) is 13.2 Å². The summed E-state index contributed by atoms with van der Waals surface area (Å²) in [6, 6.07) is 0. The van der Waals surface area contributed by atoms with E-state index in [1.165, 1.54) is 167 Å². The normalized spacial score (nSPS) is 12.0. The molecule has 0 saturated heterocycles. The Morgan fingerprint density at radius 3 is 0.911 bits per heavy atom. The van der Waals surface area contributed by atoms with Gasteiger partial charge in [-0.1, -0.05) is 219 Å². The number of carbonyl (C=O) groups is 3. The van der Waals surface area contributed by atoms with E-state index in [-0.39, 0.29) is 31.1 Å². The number of rotatable bonds is 45. The van der Waals surface area contributed by atoms with Crippen LogP contribution >= 0.6 is 0 Å². The molecule has 0 aliphatic heterocycles. The maximum Gasteiger partial charge on any atom is 0.306 e. The summed E-state index contributed by atoms with van der Waals surface area (Å²) in [5, 5.41) is 0. The van der Waals surface area contributed by atoms with Gasteiger partial charge in [0, 0.05) is 19.3 Å². The van der Waals surface area contributed by atoms with Crippen LogP contribution in [0.25, 0.3) is 0 Å². The minimum Gasteiger partial charge on any atom is -0.462 e. The van der Waals surface area contributed by atoms with Crippen LogP contribution in [0.15, 0.2) is 12.2 Å². The molecule has 0 bridgehead atoms. The maximum absolute atomic E-state index is 12.7. The van der Waals surface area contributed by atoms with Gasteiger partial charge in [-0.3, -0.25) is 14.4 Å². The topological polar surface area (TPSA) is 78.9 Å². The van der Waals surface area contributed by atoms with Crippen LogP contribution in [0.3, 0.4) is 0 Å². The van der Waals surface area contributed by atoms with Gasteiger partial charge >= 0.3 is 17.9 Å². The predicted octanol–water partition coefficient (Wildman–Crippen LogP) is 15.8. The molecule has 330 valence electrons. The molecule has 0 unspecified atom stereocenters. The van der Waals surface area contributed by atoms with Crippen LogP contribution in [0.1, 0.15) is 271 Å². The fourth-order valence-corrected chi connectivity index (χ4v) is 7.26. The lowest BCUT2D eigenvalue weighted by Gasteiger charge is -2.18. The van der Waals surface area contributed by atoms with E-state index in [4.69, 9.17) is 14.2 Å². The maximum atomic E-state index is 12.7. The molecule has 0 radical (unpaired) electrons. The lowest BCUT2D eigenvalue weighted by atomic mass is 10.0. The molecule has 0 rings (SSSR count). The van der Waals surface area contributed by atoms with Crippen LogP contribution in [0.5, 0.6) is 0 Å². The molecule has 6 heteroatoms. The molecule has 6 nitrogen and oxygen atoms in total. The Hall–Kier alpha value is -1.85. The Bertz CT molecular complexity index is 870. The average molecular weight is 791 g/mol. The summed E-state index contributed by atoms with van der Waals surface area (Å²) in [5.41, 5.74) is 0. The van der Waals surface area contributed by atoms with Crippen molar-refractivity contribution in [2.75, 3.05) is 13.2 Å². The molecule has 0 amide bonds. The van der Waals surface area contributed by atoms with E-state index in [1.54, 1.807) is 0 Å². The van der Waals surface area contributed by atoms with Crippen LogP contribution in [0, 0.1) is 0 Å². The molecule has 0 heterocycles. The Morgan fingerprint density at radius 1 is 0.339 bits per heavy atom. The molecule has 0 fully saturated rings. The second-order valence-corrected chi connectivity index (χ2v) is 16.7. The van der Waals surface area contributed by atoms with Crippen LogP contribution in [0.4, 0.5) is 0 Å². The molecule has 0 saturated carbocycles. The van der Waals surface area contributed by atoms with Gasteiger partial charge in [0.05, 0.1) is 0 Å². The number of hydrogen-bond donors (Lipinski definition) is 0. The SMILES string of the molecule is CCCCCC/C=C\CCCCCCCC(=O)O[C@@H](COC(=O)CCCCCCCCCCCCCC)COC(=O)CCCCCCCCCCCCCCC. The van der Waals surface area contributed by atoms with Gasteiger partial charge in [-0.2, -0.15) is 0 Å². The van der Waals surface area contributed by atoms with Gasteiger partial charge in [0.2, 0.25) is 0 Å². The van der Waals surface area contributed by atoms with Crippen molar-refractivity contribution in [2.24, 2.45) is 0 Å². The zero-order valence-corrected chi connectivity index (χ0v) is 37.7. The van der Waals surface area contributed by atoms with Gasteiger partial charge in [-0.25, -0.2) is 0 Å². The van der Waals surface area contributed by atoms with Crippen molar-refractivity contribution < 1.29 is 28.6 Å². The summed E-state index contributed by atoms with van der Waals surface area (Å²) in [7, 11) is 0. The fourth-order valence-electron chi connectivity index (χ4n) is 7.26. The second-order valence-electron chi connectivity index (χ2n) is 16.7. The third-order valence-electron chi connectivity index (χ3n) is 11.0. The monoisotopic (exact) mass is 791 g/mol. The molecule has 0 N–H and O–H groups in total. The van der Waals surface area contributed by atoms with E-state index in [0.717, 1.165) is 64.2 Å². The summed E-state index contributed by atoms with van der Waals surface area (Å²) in [4.78, 5) is 37.8. The van der Waals surface area contributed by atoms with Crippen LogP contribution < -0.4 is 0 Å². The highest BCUT2D eigenvalue weighted by Gasteiger charge is 2.19. The van der Waals surface area contributed by atoms with E-state index < -0.39 is 6.10 Å². The van der Waals surface area contributed by atoms with Crippen molar-refractivity contribution >= 4 is 17.9 Å². The minimum atomic E-state index is -0.766. The van der Waals surface area contributed by atoms with Crippen molar-refractivity contribution in [2.45, 2.75) is 277 Å². The van der Waals surface area contributed by atoms with Crippen molar-refractivity contribution in [3.8, 4) is 0 Å². The highest BCUT2D eigenvalue weighted by Crippen LogP contribution is 2.16. The Kier molecular flexibility index (Phi) is 44.3. The lowest BCUT2D eigenvalue weighted by molar-refractivity contribution is -0.167. The number of allylic oxidation sites excluding steroid dienone is 2. The first-order valence-corrected chi connectivity index (χ1v) is 24.7. The molecular weight excluding hydrogens is 697 g/mol. The number of unbranched alkanes of at least 4 members (excludes halogenated alkanes) is 32. The minimum absolute atomic E-state index is 0.0684. The van der Waals surface area contributed by atoms with Crippen LogP contribution in [-0.4, -0.2) is 37.2 Å². The summed E-state index contributed by atoms with van der Waals surface area (Å²) in [6.45, 7) is 6.63. The summed E-state index contributed by atoms with van der Waals surface area (Å²) >= 11 is 0. The van der Waals surface area contributed by atoms with E-state index >= 15 is 0 Å². The van der Waals surface area contributed by atoms with Gasteiger partial charge < -0.3 is 14.2 Å². The number of ether oxygens (including phenoxy) is 3. The third kappa shape index (κ3) is 43.3. The molecule has 1 atom stereocenters. The highest BCUT2D eigenvalue weighted by atomic mass is 16.6. The van der Waals surface area contributed by atoms with Crippen molar-refractivity contribution in [3.05, 3.63) is 12.2 Å². The fraction of sp³-hybridized carbons (Fsp3) is 0.900. The van der Waals surface area contributed by atoms with E-state index in [2.05, 4.69) is 32.9 Å². The van der Waals surface area contributed by atoms with E-state index in [9.17, 15) is 14.4 Å². The Morgan fingerprint density at radius 2 is 0.589 bits per heavy atom. The largest absolute Gasteiger partial charge is 0.462 e. The van der Waals surface area contributed by atoms with E-state index in [1.807, 2.05) is 0 Å². The summed E-state index contributed by atoms with van der Waals surface area (Å²) < 4.78 is 16.8. The molecule has 0 aromatic rings. The molecule has 0 spiro atoms. The third-order valence-corrected chi connectivity index (χ3v) is 11.0. The highest BCUT2D eigenvalue weighted by molar-refractivity contribution is 5.71. The first-order chi connectivity index (χ1) is 27.5. The quantitative estimate of drug-likeness (QED) is 0.0264. The molecule has 0 aliphatic rings. The van der Waals surface area contributed by atoms with Crippen molar-refractivity contribution in [1.82, 2.24) is 0 Å². The first kappa shape index (κ1) is 54.2. The lowest BCUT2D eigenvalue weighted by Crippen LogP contribution is -2.30. The molecule has 0 aromatic heterocycles.